The van der Waals surface area contributed by atoms with Crippen LogP contribution < -0.4 is 0 Å². The molecular formula is C15H18O4S. The molecule has 0 aromatic heterocycles. The Morgan fingerprint density at radius 2 is 1.95 bits per heavy atom. The van der Waals surface area contributed by atoms with Crippen LogP contribution in [0.15, 0.2) is 46.4 Å². The van der Waals surface area contributed by atoms with Crippen molar-refractivity contribution in [2.45, 2.75) is 36.8 Å². The third kappa shape index (κ3) is 2.63. The normalized spacial score (nSPS) is 19.2. The summed E-state index contributed by atoms with van der Waals surface area (Å²) in [6, 6.07) is 8.36. The van der Waals surface area contributed by atoms with E-state index < -0.39 is 21.1 Å². The molecule has 0 saturated heterocycles. The first-order valence-corrected chi connectivity index (χ1v) is 8.18. The Balaban J connectivity index is 2.34. The second-order valence-corrected chi connectivity index (χ2v) is 6.90. The number of carbonyl (C=O) groups is 1. The first-order chi connectivity index (χ1) is 9.48. The van der Waals surface area contributed by atoms with Crippen LogP contribution in [-0.2, 0) is 19.4 Å². The summed E-state index contributed by atoms with van der Waals surface area (Å²) < 4.78 is 30.1. The molecule has 0 N–H and O–H groups in total. The lowest BCUT2D eigenvalue weighted by molar-refractivity contribution is -0.138. The highest BCUT2D eigenvalue weighted by atomic mass is 32.2. The van der Waals surface area contributed by atoms with E-state index in [1.807, 2.05) is 0 Å². The molecule has 0 heterocycles. The van der Waals surface area contributed by atoms with Gasteiger partial charge in [0.25, 0.3) is 0 Å². The fraction of sp³-hybridized carbons (Fsp3) is 0.400. The molecular weight excluding hydrogens is 276 g/mol. The van der Waals surface area contributed by atoms with Crippen LogP contribution in [0.4, 0.5) is 0 Å². The van der Waals surface area contributed by atoms with E-state index in [2.05, 4.69) is 0 Å². The van der Waals surface area contributed by atoms with E-state index in [0.29, 0.717) is 35.5 Å². The fourth-order valence-corrected chi connectivity index (χ4v) is 4.43. The van der Waals surface area contributed by atoms with Crippen LogP contribution in [0.5, 0.6) is 0 Å². The summed E-state index contributed by atoms with van der Waals surface area (Å²) in [4.78, 5) is 12.1. The van der Waals surface area contributed by atoms with Crippen LogP contribution in [0.2, 0.25) is 0 Å². The third-order valence-corrected chi connectivity index (χ3v) is 5.85. The van der Waals surface area contributed by atoms with Gasteiger partial charge in [0.05, 0.1) is 16.8 Å². The summed E-state index contributed by atoms with van der Waals surface area (Å²) in [7, 11) is -3.43. The van der Waals surface area contributed by atoms with Crippen molar-refractivity contribution in [3.05, 3.63) is 41.5 Å². The number of hydrogen-bond donors (Lipinski definition) is 0. The zero-order chi connectivity index (χ0) is 14.8. The number of carbonyl (C=O) groups excluding carboxylic acids is 1. The highest BCUT2D eigenvalue weighted by Crippen LogP contribution is 2.34. The number of rotatable bonds is 4. The molecule has 1 aromatic carbocycles. The highest BCUT2D eigenvalue weighted by Gasteiger charge is 2.36. The maximum absolute atomic E-state index is 12.6. The van der Waals surface area contributed by atoms with Crippen molar-refractivity contribution in [3.8, 4) is 0 Å². The van der Waals surface area contributed by atoms with Crippen LogP contribution in [-0.4, -0.2) is 26.2 Å². The number of hydrogen-bond acceptors (Lipinski definition) is 4. The highest BCUT2D eigenvalue weighted by molar-refractivity contribution is 7.92. The van der Waals surface area contributed by atoms with Gasteiger partial charge < -0.3 is 4.74 Å². The molecule has 1 aromatic rings. The minimum atomic E-state index is -3.43. The molecule has 108 valence electrons. The van der Waals surface area contributed by atoms with Gasteiger partial charge >= 0.3 is 5.97 Å². The van der Waals surface area contributed by atoms with Gasteiger partial charge in [-0.1, -0.05) is 18.2 Å². The molecule has 20 heavy (non-hydrogen) atoms. The molecule has 0 spiro atoms. The Morgan fingerprint density at radius 1 is 1.30 bits per heavy atom. The maximum Gasteiger partial charge on any atom is 0.333 e. The average molecular weight is 294 g/mol. The summed E-state index contributed by atoms with van der Waals surface area (Å²) in [5, 5.41) is -0.621. The lowest BCUT2D eigenvalue weighted by Gasteiger charge is -2.13. The van der Waals surface area contributed by atoms with Gasteiger partial charge in [-0.15, -0.1) is 0 Å². The summed E-state index contributed by atoms with van der Waals surface area (Å²) in [6.07, 6.45) is 0.901. The Kier molecular flexibility index (Phi) is 4.28. The molecule has 2 rings (SSSR count). The predicted molar refractivity (Wildman–Crippen MR) is 76.0 cm³/mol. The molecule has 0 aliphatic heterocycles. The molecule has 0 saturated carbocycles. The second-order valence-electron chi connectivity index (χ2n) is 4.77. The maximum atomic E-state index is 12.6. The van der Waals surface area contributed by atoms with E-state index in [1.54, 1.807) is 44.2 Å². The van der Waals surface area contributed by atoms with Gasteiger partial charge in [-0.2, -0.15) is 0 Å². The van der Waals surface area contributed by atoms with Gasteiger partial charge in [0.2, 0.25) is 0 Å². The van der Waals surface area contributed by atoms with E-state index in [4.69, 9.17) is 4.74 Å². The van der Waals surface area contributed by atoms with E-state index >= 15 is 0 Å². The van der Waals surface area contributed by atoms with E-state index in [1.165, 1.54) is 0 Å². The molecule has 0 bridgehead atoms. The standard InChI is InChI=1S/C15H18O4S/c1-3-19-15(16)13-9-10-14(11(13)2)20(17,18)12-7-5-4-6-8-12/h4-8,14H,3,9-10H2,1-2H3. The van der Waals surface area contributed by atoms with Gasteiger partial charge in [0, 0.05) is 5.57 Å². The van der Waals surface area contributed by atoms with Gasteiger partial charge in [-0.25, -0.2) is 13.2 Å². The van der Waals surface area contributed by atoms with Crippen molar-refractivity contribution < 1.29 is 17.9 Å². The van der Waals surface area contributed by atoms with Crippen molar-refractivity contribution in [1.29, 1.82) is 0 Å². The predicted octanol–water partition coefficient (Wildman–Crippen LogP) is 2.50. The molecule has 4 nitrogen and oxygen atoms in total. The fourth-order valence-electron chi connectivity index (χ4n) is 2.53. The van der Waals surface area contributed by atoms with Crippen LogP contribution >= 0.6 is 0 Å². The monoisotopic (exact) mass is 294 g/mol. The number of sulfone groups is 1. The Hall–Kier alpha value is -1.62. The third-order valence-electron chi connectivity index (χ3n) is 3.58. The topological polar surface area (TPSA) is 60.4 Å². The molecule has 1 atom stereocenters. The summed E-state index contributed by atoms with van der Waals surface area (Å²) >= 11 is 0. The lowest BCUT2D eigenvalue weighted by atomic mass is 10.2. The van der Waals surface area contributed by atoms with Crippen LogP contribution in [0, 0.1) is 0 Å². The quantitative estimate of drug-likeness (QED) is 0.801. The second kappa shape index (κ2) is 5.79. The molecule has 0 radical (unpaired) electrons. The number of ether oxygens (including phenoxy) is 1. The summed E-state index contributed by atoms with van der Waals surface area (Å²) in [6.45, 7) is 3.75. The Bertz CT molecular complexity index is 629. The van der Waals surface area contributed by atoms with Crippen LogP contribution in [0.25, 0.3) is 0 Å². The number of benzene rings is 1. The van der Waals surface area contributed by atoms with E-state index in [9.17, 15) is 13.2 Å². The van der Waals surface area contributed by atoms with Crippen molar-refractivity contribution in [2.75, 3.05) is 6.61 Å². The number of esters is 1. The van der Waals surface area contributed by atoms with Crippen molar-refractivity contribution >= 4 is 15.8 Å². The van der Waals surface area contributed by atoms with Gasteiger partial charge in [0.1, 0.15) is 0 Å². The van der Waals surface area contributed by atoms with E-state index in [-0.39, 0.29) is 0 Å². The Morgan fingerprint density at radius 3 is 2.55 bits per heavy atom. The van der Waals surface area contributed by atoms with Crippen molar-refractivity contribution in [2.24, 2.45) is 0 Å². The Labute approximate surface area is 119 Å². The van der Waals surface area contributed by atoms with Gasteiger partial charge in [0.15, 0.2) is 9.84 Å². The lowest BCUT2D eigenvalue weighted by Crippen LogP contribution is -2.20. The first kappa shape index (κ1) is 14.8. The van der Waals surface area contributed by atoms with Gasteiger partial charge in [-0.05, 0) is 44.4 Å². The average Bonchev–Trinajstić information content (AvgIpc) is 2.82. The molecule has 5 heteroatoms. The minimum Gasteiger partial charge on any atom is -0.463 e. The molecule has 1 aliphatic carbocycles. The van der Waals surface area contributed by atoms with Crippen molar-refractivity contribution in [1.82, 2.24) is 0 Å². The minimum absolute atomic E-state index is 0.297. The summed E-state index contributed by atoms with van der Waals surface area (Å²) in [5.74, 6) is -0.393. The van der Waals surface area contributed by atoms with Gasteiger partial charge in [-0.3, -0.25) is 0 Å². The zero-order valence-corrected chi connectivity index (χ0v) is 12.4. The molecule has 0 fully saturated rings. The smallest absolute Gasteiger partial charge is 0.333 e. The SMILES string of the molecule is CCOC(=O)C1=C(C)C(S(=O)(=O)c2ccccc2)CC1. The molecule has 1 aliphatic rings. The summed E-state index contributed by atoms with van der Waals surface area (Å²) in [5.41, 5.74) is 1.13. The molecule has 0 amide bonds. The van der Waals surface area contributed by atoms with Crippen molar-refractivity contribution in [3.63, 3.8) is 0 Å². The first-order valence-electron chi connectivity index (χ1n) is 6.64. The van der Waals surface area contributed by atoms with Crippen LogP contribution in [0.3, 0.4) is 0 Å². The van der Waals surface area contributed by atoms with E-state index in [0.717, 1.165) is 0 Å². The zero-order valence-electron chi connectivity index (χ0n) is 11.6. The van der Waals surface area contributed by atoms with Crippen LogP contribution in [0.1, 0.15) is 26.7 Å². The molecule has 1 unspecified atom stereocenters. The largest absolute Gasteiger partial charge is 0.463 e.